The first-order valence-corrected chi connectivity index (χ1v) is 14.9. The van der Waals surface area contributed by atoms with Crippen molar-refractivity contribution in [2.45, 2.75) is 50.6 Å². The lowest BCUT2D eigenvalue weighted by atomic mass is 10.1. The van der Waals surface area contributed by atoms with Crippen molar-refractivity contribution in [3.05, 3.63) is 89.4 Å². The summed E-state index contributed by atoms with van der Waals surface area (Å²) in [6.45, 7) is 5.18. The Morgan fingerprint density at radius 3 is 2.17 bits per heavy atom. The lowest BCUT2D eigenvalue weighted by Gasteiger charge is -2.34. The second-order valence-electron chi connectivity index (χ2n) is 9.55. The van der Waals surface area contributed by atoms with E-state index in [2.05, 4.69) is 5.32 Å². The Bertz CT molecular complexity index is 1380. The molecule has 8 nitrogen and oxygen atoms in total. The second-order valence-corrected chi connectivity index (χ2v) is 11.8. The Balaban J connectivity index is 2.07. The second kappa shape index (κ2) is 14.2. The van der Waals surface area contributed by atoms with Crippen molar-refractivity contribution >= 4 is 39.1 Å². The molecule has 1 N–H and O–H groups in total. The fourth-order valence-electron chi connectivity index (χ4n) is 4.37. The number of carbonyl (C=O) groups excluding carboxylic acids is 2. The molecular weight excluding hydrogens is 550 g/mol. The molecule has 0 fully saturated rings. The van der Waals surface area contributed by atoms with Crippen LogP contribution in [0.25, 0.3) is 0 Å². The predicted octanol–water partition coefficient (Wildman–Crippen LogP) is 4.92. The van der Waals surface area contributed by atoms with Crippen LogP contribution < -0.4 is 14.4 Å². The molecule has 10 heteroatoms. The fraction of sp³-hybridized carbons (Fsp3) is 0.333. The van der Waals surface area contributed by atoms with E-state index < -0.39 is 28.5 Å². The highest BCUT2D eigenvalue weighted by Crippen LogP contribution is 2.35. The number of rotatable bonds is 13. The maximum Gasteiger partial charge on any atom is 0.264 e. The van der Waals surface area contributed by atoms with E-state index in [9.17, 15) is 18.0 Å². The Morgan fingerprint density at radius 2 is 1.60 bits per heavy atom. The van der Waals surface area contributed by atoms with Gasteiger partial charge in [0.2, 0.25) is 11.8 Å². The first kappa shape index (κ1) is 31.0. The number of methoxy groups -OCH3 is 1. The van der Waals surface area contributed by atoms with Gasteiger partial charge in [0.1, 0.15) is 18.3 Å². The Hall–Kier alpha value is -3.56. The van der Waals surface area contributed by atoms with Crippen LogP contribution in [-0.4, -0.2) is 57.4 Å². The summed E-state index contributed by atoms with van der Waals surface area (Å²) in [4.78, 5) is 28.7. The molecule has 0 aliphatic heterocycles. The van der Waals surface area contributed by atoms with E-state index in [4.69, 9.17) is 16.3 Å². The number of hydrogen-bond donors (Lipinski definition) is 1. The maximum atomic E-state index is 14.1. The van der Waals surface area contributed by atoms with Crippen molar-refractivity contribution in [2.24, 2.45) is 0 Å². The minimum Gasteiger partial charge on any atom is -0.495 e. The van der Waals surface area contributed by atoms with Gasteiger partial charge in [-0.1, -0.05) is 67.1 Å². The van der Waals surface area contributed by atoms with Crippen molar-refractivity contribution in [2.75, 3.05) is 24.5 Å². The summed E-state index contributed by atoms with van der Waals surface area (Å²) in [5.41, 5.74) is 1.11. The zero-order chi connectivity index (χ0) is 29.3. The van der Waals surface area contributed by atoms with Gasteiger partial charge in [0.05, 0.1) is 17.7 Å². The number of halogens is 1. The van der Waals surface area contributed by atoms with Crippen LogP contribution in [0.1, 0.15) is 32.8 Å². The minimum atomic E-state index is -4.22. The Labute approximate surface area is 241 Å². The fourth-order valence-corrected chi connectivity index (χ4v) is 5.97. The molecule has 1 atom stereocenters. The van der Waals surface area contributed by atoms with Crippen LogP contribution in [0, 0.1) is 0 Å². The van der Waals surface area contributed by atoms with Gasteiger partial charge in [-0.2, -0.15) is 0 Å². The smallest absolute Gasteiger partial charge is 0.264 e. The summed E-state index contributed by atoms with van der Waals surface area (Å²) in [7, 11) is -2.81. The Kier molecular flexibility index (Phi) is 11.0. The minimum absolute atomic E-state index is 0.00487. The zero-order valence-electron chi connectivity index (χ0n) is 23.2. The van der Waals surface area contributed by atoms with Gasteiger partial charge in [-0.05, 0) is 62.6 Å². The van der Waals surface area contributed by atoms with Crippen LogP contribution in [0.4, 0.5) is 5.69 Å². The summed E-state index contributed by atoms with van der Waals surface area (Å²) in [5, 5.41) is 3.17. The molecule has 0 unspecified atom stereocenters. The van der Waals surface area contributed by atoms with Gasteiger partial charge in [0.15, 0.2) is 0 Å². The topological polar surface area (TPSA) is 96.0 Å². The van der Waals surface area contributed by atoms with Crippen molar-refractivity contribution in [3.8, 4) is 5.75 Å². The monoisotopic (exact) mass is 585 g/mol. The maximum absolute atomic E-state index is 14.1. The standard InChI is InChI=1S/C30H36ClN3O5S/c1-5-26(30(36)32-22(2)3)33(19-18-23-12-8-6-9-13-23)29(35)21-34(27-20-24(31)16-17-28(27)39-4)40(37,38)25-14-10-7-11-15-25/h6-17,20,22,26H,5,18-19,21H2,1-4H3,(H,32,36)/t26-/m1/s1. The van der Waals surface area contributed by atoms with E-state index in [0.717, 1.165) is 9.87 Å². The molecule has 0 aliphatic carbocycles. The molecule has 0 bridgehead atoms. The molecule has 0 radical (unpaired) electrons. The third kappa shape index (κ3) is 7.76. The Morgan fingerprint density at radius 1 is 0.975 bits per heavy atom. The van der Waals surface area contributed by atoms with Gasteiger partial charge >= 0.3 is 0 Å². The lowest BCUT2D eigenvalue weighted by molar-refractivity contribution is -0.139. The van der Waals surface area contributed by atoms with Crippen molar-refractivity contribution in [1.82, 2.24) is 10.2 Å². The van der Waals surface area contributed by atoms with Crippen LogP contribution in [0.2, 0.25) is 5.02 Å². The molecule has 0 saturated carbocycles. The molecule has 0 aromatic heterocycles. The van der Waals surface area contributed by atoms with Gasteiger partial charge in [-0.15, -0.1) is 0 Å². The average Bonchev–Trinajstić information content (AvgIpc) is 2.94. The van der Waals surface area contributed by atoms with Gasteiger partial charge in [-0.25, -0.2) is 8.42 Å². The summed E-state index contributed by atoms with van der Waals surface area (Å²) in [6.07, 6.45) is 0.842. The van der Waals surface area contributed by atoms with E-state index >= 15 is 0 Å². The van der Waals surface area contributed by atoms with E-state index in [1.54, 1.807) is 30.3 Å². The molecule has 40 heavy (non-hydrogen) atoms. The number of amides is 2. The zero-order valence-corrected chi connectivity index (χ0v) is 24.8. The normalized spacial score (nSPS) is 12.1. The van der Waals surface area contributed by atoms with Gasteiger partial charge in [-0.3, -0.25) is 13.9 Å². The van der Waals surface area contributed by atoms with E-state index in [0.29, 0.717) is 12.8 Å². The predicted molar refractivity (Wildman–Crippen MR) is 158 cm³/mol. The summed E-state index contributed by atoms with van der Waals surface area (Å²) >= 11 is 6.27. The van der Waals surface area contributed by atoms with E-state index in [-0.39, 0.29) is 39.8 Å². The van der Waals surface area contributed by atoms with Crippen LogP contribution in [0.3, 0.4) is 0 Å². The van der Waals surface area contributed by atoms with E-state index in [1.165, 1.54) is 30.2 Å². The molecule has 2 amide bonds. The van der Waals surface area contributed by atoms with Crippen molar-refractivity contribution in [1.29, 1.82) is 0 Å². The first-order chi connectivity index (χ1) is 19.1. The average molecular weight is 586 g/mol. The molecule has 214 valence electrons. The number of carbonyl (C=O) groups is 2. The SMILES string of the molecule is CC[C@H](C(=O)NC(C)C)N(CCc1ccccc1)C(=O)CN(c1cc(Cl)ccc1OC)S(=O)(=O)c1ccccc1. The first-order valence-electron chi connectivity index (χ1n) is 13.1. The molecular formula is C30H36ClN3O5S. The van der Waals surface area contributed by atoms with Crippen LogP contribution in [0.5, 0.6) is 5.75 Å². The third-order valence-corrected chi connectivity index (χ3v) is 8.33. The quantitative estimate of drug-likeness (QED) is 0.307. The molecule has 0 aliphatic rings. The summed E-state index contributed by atoms with van der Waals surface area (Å²) in [5.74, 6) is -0.586. The number of hydrogen-bond acceptors (Lipinski definition) is 5. The van der Waals surface area contributed by atoms with E-state index in [1.807, 2.05) is 51.1 Å². The largest absolute Gasteiger partial charge is 0.495 e. The van der Waals surface area contributed by atoms with Crippen LogP contribution in [0.15, 0.2) is 83.8 Å². The highest BCUT2D eigenvalue weighted by molar-refractivity contribution is 7.92. The third-order valence-electron chi connectivity index (χ3n) is 6.32. The molecule has 3 aromatic carbocycles. The highest BCUT2D eigenvalue weighted by atomic mass is 35.5. The van der Waals surface area contributed by atoms with Crippen molar-refractivity contribution in [3.63, 3.8) is 0 Å². The van der Waals surface area contributed by atoms with Gasteiger partial charge in [0, 0.05) is 17.6 Å². The molecule has 3 rings (SSSR count). The van der Waals surface area contributed by atoms with Gasteiger partial charge < -0.3 is 15.0 Å². The van der Waals surface area contributed by atoms with Gasteiger partial charge in [0.25, 0.3) is 10.0 Å². The molecule has 0 saturated heterocycles. The summed E-state index contributed by atoms with van der Waals surface area (Å²) < 4.78 is 34.3. The number of sulfonamides is 1. The van der Waals surface area contributed by atoms with Crippen LogP contribution >= 0.6 is 11.6 Å². The number of anilines is 1. The number of ether oxygens (including phenoxy) is 1. The molecule has 3 aromatic rings. The summed E-state index contributed by atoms with van der Waals surface area (Å²) in [6, 6.07) is 21.1. The number of nitrogens with one attached hydrogen (secondary N) is 1. The number of nitrogens with zero attached hydrogens (tertiary/aromatic N) is 2. The molecule has 0 heterocycles. The highest BCUT2D eigenvalue weighted by Gasteiger charge is 2.34. The molecule has 0 spiro atoms. The van der Waals surface area contributed by atoms with Crippen LogP contribution in [-0.2, 0) is 26.0 Å². The van der Waals surface area contributed by atoms with Crippen molar-refractivity contribution < 1.29 is 22.7 Å². The number of benzene rings is 3. The lowest BCUT2D eigenvalue weighted by Crippen LogP contribution is -2.54.